The van der Waals surface area contributed by atoms with Gasteiger partial charge in [0.05, 0.1) is 17.9 Å². The second-order valence-corrected chi connectivity index (χ2v) is 4.72. The van der Waals surface area contributed by atoms with Crippen molar-refractivity contribution in [2.75, 3.05) is 11.4 Å². The Labute approximate surface area is 88.9 Å². The number of carbonyl (C=O) groups is 1. The zero-order chi connectivity index (χ0) is 10.4. The van der Waals surface area contributed by atoms with Gasteiger partial charge in [-0.1, -0.05) is 6.92 Å². The van der Waals surface area contributed by atoms with Crippen LogP contribution in [0.2, 0.25) is 0 Å². The van der Waals surface area contributed by atoms with E-state index in [1.165, 1.54) is 12.8 Å². The van der Waals surface area contributed by atoms with Crippen LogP contribution in [-0.2, 0) is 4.79 Å². The van der Waals surface area contributed by atoms with Crippen LogP contribution >= 0.6 is 0 Å². The van der Waals surface area contributed by atoms with Crippen molar-refractivity contribution in [2.45, 2.75) is 32.2 Å². The maximum absolute atomic E-state index is 11.7. The molecule has 2 aliphatic rings. The number of rotatable bonds is 2. The molecule has 2 fully saturated rings. The van der Waals surface area contributed by atoms with Gasteiger partial charge in [0.1, 0.15) is 0 Å². The van der Waals surface area contributed by atoms with Gasteiger partial charge in [0.15, 0.2) is 0 Å². The first-order valence-corrected chi connectivity index (χ1v) is 5.58. The average Bonchev–Trinajstić information content (AvgIpc) is 2.83. The molecule has 0 bridgehead atoms. The largest absolute Gasteiger partial charge is 0.309 e. The molecule has 0 spiro atoms. The summed E-state index contributed by atoms with van der Waals surface area (Å²) in [6, 6.07) is 0.592. The monoisotopic (exact) mass is 205 g/mol. The minimum Gasteiger partial charge on any atom is -0.309 e. The summed E-state index contributed by atoms with van der Waals surface area (Å²) in [5.74, 6) is 0.708. The van der Waals surface area contributed by atoms with Crippen molar-refractivity contribution >= 4 is 11.6 Å². The van der Waals surface area contributed by atoms with Crippen molar-refractivity contribution in [1.82, 2.24) is 9.78 Å². The standard InChI is InChI=1S/C11H15N3O/c1-8-4-11(15)13(6-8)10-5-12-14(7-10)9-2-3-9/h5,7-9H,2-4,6H2,1H3. The smallest absolute Gasteiger partial charge is 0.227 e. The highest BCUT2D eigenvalue weighted by Gasteiger charge is 2.30. The van der Waals surface area contributed by atoms with E-state index in [9.17, 15) is 4.79 Å². The van der Waals surface area contributed by atoms with Gasteiger partial charge < -0.3 is 4.90 Å². The van der Waals surface area contributed by atoms with Crippen molar-refractivity contribution in [1.29, 1.82) is 0 Å². The number of hydrogen-bond acceptors (Lipinski definition) is 2. The fraction of sp³-hybridized carbons (Fsp3) is 0.636. The van der Waals surface area contributed by atoms with E-state index >= 15 is 0 Å². The van der Waals surface area contributed by atoms with E-state index in [1.807, 2.05) is 22.0 Å². The maximum atomic E-state index is 11.7. The van der Waals surface area contributed by atoms with E-state index < -0.39 is 0 Å². The summed E-state index contributed by atoms with van der Waals surface area (Å²) >= 11 is 0. The molecule has 0 N–H and O–H groups in total. The fourth-order valence-electron chi connectivity index (χ4n) is 2.14. The summed E-state index contributed by atoms with van der Waals surface area (Å²) in [7, 11) is 0. The van der Waals surface area contributed by atoms with Gasteiger partial charge in [-0.3, -0.25) is 9.48 Å². The predicted molar refractivity (Wildman–Crippen MR) is 56.6 cm³/mol. The van der Waals surface area contributed by atoms with E-state index in [0.717, 1.165) is 12.2 Å². The molecular formula is C11H15N3O. The second kappa shape index (κ2) is 3.08. The third kappa shape index (κ3) is 1.54. The van der Waals surface area contributed by atoms with Crippen molar-refractivity contribution in [3.05, 3.63) is 12.4 Å². The molecule has 1 aromatic heterocycles. The number of anilines is 1. The number of nitrogens with zero attached hydrogens (tertiary/aromatic N) is 3. The Hall–Kier alpha value is -1.32. The lowest BCUT2D eigenvalue weighted by Crippen LogP contribution is -2.23. The summed E-state index contributed by atoms with van der Waals surface area (Å²) in [6.45, 7) is 2.96. The molecule has 1 atom stereocenters. The van der Waals surface area contributed by atoms with Gasteiger partial charge in [0.25, 0.3) is 0 Å². The number of aromatic nitrogens is 2. The van der Waals surface area contributed by atoms with E-state index in [4.69, 9.17) is 0 Å². The molecular weight excluding hydrogens is 190 g/mol. The molecule has 0 aromatic carbocycles. The van der Waals surface area contributed by atoms with E-state index in [1.54, 1.807) is 0 Å². The molecule has 0 radical (unpaired) electrons. The molecule has 1 aliphatic heterocycles. The molecule has 1 unspecified atom stereocenters. The Kier molecular flexibility index (Phi) is 1.84. The summed E-state index contributed by atoms with van der Waals surface area (Å²) in [5, 5.41) is 4.31. The quantitative estimate of drug-likeness (QED) is 0.735. The van der Waals surface area contributed by atoms with Gasteiger partial charge in [-0.05, 0) is 18.8 Å². The average molecular weight is 205 g/mol. The van der Waals surface area contributed by atoms with Gasteiger partial charge in [-0.2, -0.15) is 5.10 Å². The normalized spacial score (nSPS) is 26.3. The van der Waals surface area contributed by atoms with Gasteiger partial charge in [-0.15, -0.1) is 0 Å². The van der Waals surface area contributed by atoms with Gasteiger partial charge in [-0.25, -0.2) is 0 Å². The summed E-state index contributed by atoms with van der Waals surface area (Å²) in [5.41, 5.74) is 0.969. The lowest BCUT2D eigenvalue weighted by atomic mass is 10.2. The molecule has 15 heavy (non-hydrogen) atoms. The van der Waals surface area contributed by atoms with Crippen LogP contribution in [0.1, 0.15) is 32.2 Å². The Bertz CT molecular complexity index is 394. The van der Waals surface area contributed by atoms with Crippen LogP contribution < -0.4 is 4.90 Å². The summed E-state index contributed by atoms with van der Waals surface area (Å²) < 4.78 is 1.99. The molecule has 3 rings (SSSR count). The molecule has 4 nitrogen and oxygen atoms in total. The topological polar surface area (TPSA) is 38.1 Å². The predicted octanol–water partition coefficient (Wildman–Crippen LogP) is 1.59. The van der Waals surface area contributed by atoms with Crippen LogP contribution in [0.25, 0.3) is 0 Å². The highest BCUT2D eigenvalue weighted by atomic mass is 16.2. The molecule has 1 saturated heterocycles. The van der Waals surface area contributed by atoms with Crippen molar-refractivity contribution in [3.63, 3.8) is 0 Å². The van der Waals surface area contributed by atoms with E-state index in [2.05, 4.69) is 12.0 Å². The van der Waals surface area contributed by atoms with Crippen LogP contribution in [0.5, 0.6) is 0 Å². The van der Waals surface area contributed by atoms with Gasteiger partial charge >= 0.3 is 0 Å². The summed E-state index contributed by atoms with van der Waals surface area (Å²) in [4.78, 5) is 13.5. The van der Waals surface area contributed by atoms with E-state index in [-0.39, 0.29) is 5.91 Å². The highest BCUT2D eigenvalue weighted by molar-refractivity contribution is 5.95. The highest BCUT2D eigenvalue weighted by Crippen LogP contribution is 2.35. The summed E-state index contributed by atoms with van der Waals surface area (Å²) in [6.07, 6.45) is 6.95. The minimum absolute atomic E-state index is 0.234. The zero-order valence-electron chi connectivity index (χ0n) is 8.89. The van der Waals surface area contributed by atoms with E-state index in [0.29, 0.717) is 18.4 Å². The minimum atomic E-state index is 0.234. The first kappa shape index (κ1) is 8.95. The van der Waals surface area contributed by atoms with Crippen LogP contribution in [0.4, 0.5) is 5.69 Å². The molecule has 1 aromatic rings. The van der Waals surface area contributed by atoms with Crippen LogP contribution in [0.3, 0.4) is 0 Å². The lowest BCUT2D eigenvalue weighted by Gasteiger charge is -2.12. The first-order valence-electron chi connectivity index (χ1n) is 5.58. The third-order valence-corrected chi connectivity index (χ3v) is 3.14. The second-order valence-electron chi connectivity index (χ2n) is 4.72. The third-order valence-electron chi connectivity index (χ3n) is 3.14. The molecule has 4 heteroatoms. The van der Waals surface area contributed by atoms with Crippen molar-refractivity contribution in [3.8, 4) is 0 Å². The Morgan fingerprint density at radius 2 is 2.27 bits per heavy atom. The molecule has 80 valence electrons. The lowest BCUT2D eigenvalue weighted by molar-refractivity contribution is -0.117. The van der Waals surface area contributed by atoms with Gasteiger partial charge in [0.2, 0.25) is 5.91 Å². The molecule has 1 amide bonds. The number of hydrogen-bond donors (Lipinski definition) is 0. The SMILES string of the molecule is CC1CC(=O)N(c2cnn(C3CC3)c2)C1. The number of amides is 1. The molecule has 1 saturated carbocycles. The fourth-order valence-corrected chi connectivity index (χ4v) is 2.14. The van der Waals surface area contributed by atoms with Crippen molar-refractivity contribution < 1.29 is 4.79 Å². The van der Waals surface area contributed by atoms with Crippen LogP contribution in [0.15, 0.2) is 12.4 Å². The Morgan fingerprint density at radius 1 is 1.47 bits per heavy atom. The Balaban J connectivity index is 1.82. The van der Waals surface area contributed by atoms with Gasteiger partial charge in [0, 0.05) is 19.2 Å². The maximum Gasteiger partial charge on any atom is 0.227 e. The number of carbonyl (C=O) groups excluding carboxylic acids is 1. The van der Waals surface area contributed by atoms with Crippen LogP contribution in [-0.4, -0.2) is 22.2 Å². The zero-order valence-corrected chi connectivity index (χ0v) is 8.89. The van der Waals surface area contributed by atoms with Crippen LogP contribution in [0, 0.1) is 5.92 Å². The molecule has 2 heterocycles. The Morgan fingerprint density at radius 3 is 2.87 bits per heavy atom. The molecule has 1 aliphatic carbocycles. The first-order chi connectivity index (χ1) is 7.24. The van der Waals surface area contributed by atoms with Crippen molar-refractivity contribution in [2.24, 2.45) is 5.92 Å².